The largest absolute Gasteiger partial charge is 0.772 e. The normalized spacial score (nSPS) is 14.0. The fraction of sp³-hybridized carbons (Fsp3) is 1.00. The van der Waals surface area contributed by atoms with Crippen molar-refractivity contribution in [1.82, 2.24) is 9.96 Å². The van der Waals surface area contributed by atoms with Gasteiger partial charge in [0.25, 0.3) is 0 Å². The maximum Gasteiger partial charge on any atom is 0.0366 e. The van der Waals surface area contributed by atoms with E-state index in [4.69, 9.17) is 0 Å². The molecule has 0 rings (SSSR count). The molecule has 0 heterocycles. The molecule has 0 aliphatic rings. The average Bonchev–Trinajstić information content (AvgIpc) is 2.10. The summed E-state index contributed by atoms with van der Waals surface area (Å²) in [4.78, 5) is 2.04. The van der Waals surface area contributed by atoms with Gasteiger partial charge in [0.15, 0.2) is 0 Å². The zero-order chi connectivity index (χ0) is 10.3. The van der Waals surface area contributed by atoms with E-state index in [9.17, 15) is 14.0 Å². The van der Waals surface area contributed by atoms with Crippen molar-refractivity contribution in [1.29, 1.82) is 0 Å². The van der Waals surface area contributed by atoms with Crippen molar-refractivity contribution in [2.24, 2.45) is 0 Å². The van der Waals surface area contributed by atoms with Gasteiger partial charge in [-0.15, -0.1) is 0 Å². The lowest BCUT2D eigenvalue weighted by molar-refractivity contribution is -0.0884. The Bertz CT molecular complexity index is 157. The average molecular weight is 209 g/mol. The lowest BCUT2D eigenvalue weighted by Gasteiger charge is -2.19. The number of hydrogen-bond acceptors (Lipinski definition) is 5. The summed E-state index contributed by atoms with van der Waals surface area (Å²) < 4.78 is 20.3. The highest BCUT2D eigenvalue weighted by atomic mass is 32.2. The Hall–Kier alpha value is -0.0100. The fourth-order valence-corrected chi connectivity index (χ4v) is 1.10. The molecule has 6 heteroatoms. The van der Waals surface area contributed by atoms with E-state index >= 15 is 0 Å². The predicted molar refractivity (Wildman–Crippen MR) is 50.3 cm³/mol. The molecule has 0 aromatic carbocycles. The summed E-state index contributed by atoms with van der Waals surface area (Å²) in [6.45, 7) is 4.32. The van der Waals surface area contributed by atoms with Crippen molar-refractivity contribution in [3.63, 3.8) is 0 Å². The van der Waals surface area contributed by atoms with Gasteiger partial charge in [0.1, 0.15) is 0 Å². The van der Waals surface area contributed by atoms with Gasteiger partial charge in [-0.2, -0.15) is 5.06 Å². The lowest BCUT2D eigenvalue weighted by atomic mass is 10.5. The van der Waals surface area contributed by atoms with Crippen LogP contribution in [-0.4, -0.2) is 62.9 Å². The molecule has 13 heavy (non-hydrogen) atoms. The van der Waals surface area contributed by atoms with Gasteiger partial charge in [-0.25, -0.2) is 0 Å². The quantitative estimate of drug-likeness (QED) is 0.452. The van der Waals surface area contributed by atoms with Gasteiger partial charge in [-0.3, -0.25) is 4.21 Å². The van der Waals surface area contributed by atoms with E-state index in [-0.39, 0.29) is 12.3 Å². The second kappa shape index (κ2) is 7.40. The third-order valence-electron chi connectivity index (χ3n) is 1.80. The van der Waals surface area contributed by atoms with Crippen molar-refractivity contribution in [2.75, 3.05) is 39.0 Å². The Balaban J connectivity index is 3.39. The van der Waals surface area contributed by atoms with Crippen LogP contribution in [0.5, 0.6) is 0 Å². The van der Waals surface area contributed by atoms with Crippen molar-refractivity contribution in [2.45, 2.75) is 6.92 Å². The lowest BCUT2D eigenvalue weighted by Crippen LogP contribution is -2.33. The highest BCUT2D eigenvalue weighted by Gasteiger charge is 2.01. The summed E-state index contributed by atoms with van der Waals surface area (Å²) in [6, 6.07) is 0. The van der Waals surface area contributed by atoms with Gasteiger partial charge in [-0.05, 0) is 13.6 Å². The Morgan fingerprint density at radius 1 is 1.38 bits per heavy atom. The molecule has 0 saturated carbocycles. The first-order valence-electron chi connectivity index (χ1n) is 4.24. The maximum absolute atomic E-state index is 10.1. The van der Waals surface area contributed by atoms with Crippen molar-refractivity contribution >= 4 is 11.1 Å². The second-order valence-electron chi connectivity index (χ2n) is 2.86. The topological polar surface area (TPSA) is 66.8 Å². The Labute approximate surface area is 81.6 Å². The van der Waals surface area contributed by atoms with E-state index in [1.54, 1.807) is 0 Å². The van der Waals surface area contributed by atoms with Crippen LogP contribution >= 0.6 is 0 Å². The summed E-state index contributed by atoms with van der Waals surface area (Å²) in [5, 5.41) is 10.2. The highest BCUT2D eigenvalue weighted by molar-refractivity contribution is 7.79. The van der Waals surface area contributed by atoms with Gasteiger partial charge in [0, 0.05) is 25.4 Å². The van der Waals surface area contributed by atoms with Gasteiger partial charge in [-0.1, -0.05) is 18.0 Å². The van der Waals surface area contributed by atoms with Gasteiger partial charge < -0.3 is 14.7 Å². The first kappa shape index (κ1) is 13.0. The molecule has 0 aliphatic carbocycles. The first-order chi connectivity index (χ1) is 6.06. The van der Waals surface area contributed by atoms with E-state index in [1.807, 2.05) is 18.9 Å². The molecule has 0 spiro atoms. The zero-order valence-corrected chi connectivity index (χ0v) is 8.92. The summed E-state index contributed by atoms with van der Waals surface area (Å²) in [5.41, 5.74) is 0. The van der Waals surface area contributed by atoms with Crippen LogP contribution in [0.3, 0.4) is 0 Å². The molecule has 0 amide bonds. The van der Waals surface area contributed by atoms with Crippen LogP contribution in [0, 0.1) is 0 Å². The molecule has 1 unspecified atom stereocenters. The molecule has 1 atom stereocenters. The summed E-state index contributed by atoms with van der Waals surface area (Å²) in [5.74, 6) is -0.0215. The fourth-order valence-electron chi connectivity index (χ4n) is 0.736. The van der Waals surface area contributed by atoms with Crippen LogP contribution in [0.15, 0.2) is 0 Å². The van der Waals surface area contributed by atoms with Gasteiger partial charge >= 0.3 is 0 Å². The number of nitrogens with zero attached hydrogens (tertiary/aromatic N) is 2. The number of likely N-dealkylation sites (N-methyl/N-ethyl adjacent to an activating group) is 1. The minimum absolute atomic E-state index is 0.0215. The van der Waals surface area contributed by atoms with Gasteiger partial charge in [0.05, 0.1) is 0 Å². The van der Waals surface area contributed by atoms with Crippen LogP contribution in [0.1, 0.15) is 6.92 Å². The first-order valence-corrected chi connectivity index (χ1v) is 5.49. The Morgan fingerprint density at radius 3 is 2.46 bits per heavy atom. The molecule has 5 nitrogen and oxygen atoms in total. The summed E-state index contributed by atoms with van der Waals surface area (Å²) in [6.07, 6.45) is 0. The maximum atomic E-state index is 10.1. The summed E-state index contributed by atoms with van der Waals surface area (Å²) >= 11 is -2.07. The SMILES string of the molecule is CCN(C)CCN(O)CCS(=O)[O-]. The molecule has 0 aromatic rings. The predicted octanol–water partition coefficient (Wildman–Crippen LogP) is -0.492. The molecule has 0 bridgehead atoms. The standard InChI is InChI=1S/C7H18N2O3S/c1-3-8(2)4-5-9(10)6-7-13(11)12/h10H,3-7H2,1-2H3,(H,11,12)/p-1. The number of rotatable bonds is 7. The molecule has 0 radical (unpaired) electrons. The highest BCUT2D eigenvalue weighted by Crippen LogP contribution is 1.86. The van der Waals surface area contributed by atoms with Crippen LogP contribution in [0.25, 0.3) is 0 Å². The molecule has 80 valence electrons. The van der Waals surface area contributed by atoms with Crippen molar-refractivity contribution in [3.05, 3.63) is 0 Å². The van der Waals surface area contributed by atoms with Crippen molar-refractivity contribution < 1.29 is 14.0 Å². The third kappa shape index (κ3) is 8.32. The number of hydroxylamine groups is 2. The van der Waals surface area contributed by atoms with Crippen LogP contribution in [0.4, 0.5) is 0 Å². The monoisotopic (exact) mass is 209 g/mol. The molecule has 0 aliphatic heterocycles. The molecular formula is C7H17N2O3S-. The smallest absolute Gasteiger partial charge is 0.0366 e. The second-order valence-corrected chi connectivity index (χ2v) is 3.87. The minimum Gasteiger partial charge on any atom is -0.772 e. The van der Waals surface area contributed by atoms with Crippen LogP contribution in [-0.2, 0) is 11.1 Å². The van der Waals surface area contributed by atoms with E-state index in [2.05, 4.69) is 0 Å². The molecule has 0 fully saturated rings. The minimum atomic E-state index is -2.07. The van der Waals surface area contributed by atoms with Gasteiger partial charge in [0.2, 0.25) is 0 Å². The summed E-state index contributed by atoms with van der Waals surface area (Å²) in [7, 11) is 1.94. The Morgan fingerprint density at radius 2 is 2.00 bits per heavy atom. The van der Waals surface area contributed by atoms with E-state index in [0.717, 1.165) is 18.2 Å². The van der Waals surface area contributed by atoms with E-state index in [0.29, 0.717) is 6.54 Å². The van der Waals surface area contributed by atoms with E-state index < -0.39 is 11.1 Å². The molecule has 0 aromatic heterocycles. The van der Waals surface area contributed by atoms with Crippen LogP contribution < -0.4 is 0 Å². The molecule has 1 N–H and O–H groups in total. The van der Waals surface area contributed by atoms with E-state index in [1.165, 1.54) is 0 Å². The molecular weight excluding hydrogens is 192 g/mol. The van der Waals surface area contributed by atoms with Crippen LogP contribution in [0.2, 0.25) is 0 Å². The number of hydrogen-bond donors (Lipinski definition) is 1. The Kier molecular flexibility index (Phi) is 7.39. The third-order valence-corrected chi connectivity index (χ3v) is 2.31. The van der Waals surface area contributed by atoms with Crippen molar-refractivity contribution in [3.8, 4) is 0 Å². The molecule has 0 saturated heterocycles. The zero-order valence-electron chi connectivity index (χ0n) is 8.10.